The molecule has 142 valence electrons. The molecule has 0 aliphatic carbocycles. The molecule has 0 N–H and O–H groups in total. The van der Waals surface area contributed by atoms with Gasteiger partial charge in [-0.3, -0.25) is 4.99 Å². The Morgan fingerprint density at radius 1 is 1.31 bits per heavy atom. The number of hydrogen-bond donors (Lipinski definition) is 0. The topological polar surface area (TPSA) is 20.5 Å². The van der Waals surface area contributed by atoms with Crippen LogP contribution in [0.15, 0.2) is 35.3 Å². The van der Waals surface area contributed by atoms with Crippen molar-refractivity contribution in [1.29, 1.82) is 0 Å². The van der Waals surface area contributed by atoms with E-state index in [1.165, 1.54) is 16.8 Å². The Hall–Kier alpha value is -1.65. The van der Waals surface area contributed by atoms with Crippen molar-refractivity contribution in [3.8, 4) is 0 Å². The van der Waals surface area contributed by atoms with E-state index in [0.29, 0.717) is 0 Å². The van der Waals surface area contributed by atoms with Crippen LogP contribution in [0.25, 0.3) is 10.9 Å². The van der Waals surface area contributed by atoms with Crippen LogP contribution in [-0.2, 0) is 19.5 Å². The van der Waals surface area contributed by atoms with Gasteiger partial charge < -0.3 is 9.47 Å². The number of aromatic nitrogens is 1. The lowest BCUT2D eigenvalue weighted by Crippen LogP contribution is -2.27. The first-order valence-electron chi connectivity index (χ1n) is 9.18. The molecule has 1 aromatic heterocycles. The molecular formula is C21H29ClFN3. The van der Waals surface area contributed by atoms with Crippen LogP contribution in [0.1, 0.15) is 37.4 Å². The quantitative estimate of drug-likeness (QED) is 0.512. The maximum atomic E-state index is 13.8. The van der Waals surface area contributed by atoms with Gasteiger partial charge in [-0.05, 0) is 63.1 Å². The van der Waals surface area contributed by atoms with E-state index >= 15 is 0 Å². The van der Waals surface area contributed by atoms with Crippen LogP contribution in [0.5, 0.6) is 0 Å². The van der Waals surface area contributed by atoms with E-state index in [1.54, 1.807) is 12.1 Å². The van der Waals surface area contributed by atoms with Gasteiger partial charge in [-0.25, -0.2) is 4.39 Å². The number of aliphatic imine (C=N–C) groups is 1. The number of unbranched alkanes of at least 4 members (excludes halogenated alkanes) is 2. The minimum Gasteiger partial charge on any atom is -0.344 e. The molecule has 0 atom stereocenters. The molecule has 0 saturated heterocycles. The molecule has 1 aromatic carbocycles. The van der Waals surface area contributed by atoms with Crippen molar-refractivity contribution < 1.29 is 4.39 Å². The zero-order chi connectivity index (χ0) is 17.8. The van der Waals surface area contributed by atoms with Gasteiger partial charge in [0.25, 0.3) is 0 Å². The molecule has 0 spiro atoms. The van der Waals surface area contributed by atoms with Gasteiger partial charge in [-0.2, -0.15) is 0 Å². The van der Waals surface area contributed by atoms with Crippen molar-refractivity contribution in [2.45, 2.75) is 45.7 Å². The minimum absolute atomic E-state index is 0. The number of benzene rings is 1. The van der Waals surface area contributed by atoms with Gasteiger partial charge >= 0.3 is 0 Å². The lowest BCUT2D eigenvalue weighted by atomic mass is 10.0. The normalized spacial score (nSPS) is 15.5. The van der Waals surface area contributed by atoms with Gasteiger partial charge in [0.05, 0.1) is 0 Å². The second-order valence-corrected chi connectivity index (χ2v) is 6.99. The van der Waals surface area contributed by atoms with Crippen molar-refractivity contribution in [2.24, 2.45) is 4.99 Å². The number of aryl methyl sites for hydroxylation is 1. The van der Waals surface area contributed by atoms with Crippen LogP contribution >= 0.6 is 12.4 Å². The molecule has 0 radical (unpaired) electrons. The fourth-order valence-corrected chi connectivity index (χ4v) is 3.67. The van der Waals surface area contributed by atoms with Crippen LogP contribution in [0.4, 0.5) is 4.39 Å². The summed E-state index contributed by atoms with van der Waals surface area (Å²) in [5.41, 5.74) is 4.98. The third-order valence-corrected chi connectivity index (χ3v) is 5.12. The van der Waals surface area contributed by atoms with E-state index in [9.17, 15) is 4.39 Å². The SMILES string of the molecule is CN=C(C)/C=C\CCCCn1c2c(c3cc(F)ccc31)CN(C)CC2.Cl. The fourth-order valence-electron chi connectivity index (χ4n) is 3.67. The van der Waals surface area contributed by atoms with Gasteiger partial charge in [0.15, 0.2) is 0 Å². The van der Waals surface area contributed by atoms with Crippen molar-refractivity contribution in [3.05, 3.63) is 47.4 Å². The highest BCUT2D eigenvalue weighted by atomic mass is 35.5. The number of likely N-dealkylation sites (N-methyl/N-ethyl adjacent to an activating group) is 1. The Kier molecular flexibility index (Phi) is 7.42. The van der Waals surface area contributed by atoms with E-state index < -0.39 is 0 Å². The molecule has 5 heteroatoms. The molecule has 0 saturated carbocycles. The van der Waals surface area contributed by atoms with Crippen LogP contribution in [0, 0.1) is 5.82 Å². The van der Waals surface area contributed by atoms with Gasteiger partial charge in [-0.1, -0.05) is 6.08 Å². The first-order chi connectivity index (χ1) is 12.1. The molecule has 3 rings (SSSR count). The zero-order valence-corrected chi connectivity index (χ0v) is 16.8. The Morgan fingerprint density at radius 2 is 2.12 bits per heavy atom. The number of rotatable bonds is 6. The van der Waals surface area contributed by atoms with Crippen molar-refractivity contribution in [2.75, 3.05) is 20.6 Å². The van der Waals surface area contributed by atoms with E-state index in [2.05, 4.69) is 33.7 Å². The number of fused-ring (bicyclic) bond motifs is 3. The minimum atomic E-state index is -0.140. The van der Waals surface area contributed by atoms with E-state index in [4.69, 9.17) is 0 Å². The fraction of sp³-hybridized carbons (Fsp3) is 0.476. The molecule has 3 nitrogen and oxygen atoms in total. The number of allylic oxidation sites excluding steroid dienone is 2. The van der Waals surface area contributed by atoms with Crippen molar-refractivity contribution in [1.82, 2.24) is 9.47 Å². The van der Waals surface area contributed by atoms with Crippen LogP contribution in [0.2, 0.25) is 0 Å². The van der Waals surface area contributed by atoms with Gasteiger partial charge in [-0.15, -0.1) is 12.4 Å². The van der Waals surface area contributed by atoms with Gasteiger partial charge in [0, 0.05) is 55.4 Å². The summed E-state index contributed by atoms with van der Waals surface area (Å²) in [5.74, 6) is -0.140. The number of halogens is 2. The smallest absolute Gasteiger partial charge is 0.123 e. The van der Waals surface area contributed by atoms with Crippen molar-refractivity contribution in [3.63, 3.8) is 0 Å². The van der Waals surface area contributed by atoms with E-state index in [1.807, 2.05) is 20.0 Å². The first-order valence-corrected chi connectivity index (χ1v) is 9.18. The molecule has 1 aliphatic rings. The van der Waals surface area contributed by atoms with Gasteiger partial charge in [0.2, 0.25) is 0 Å². The van der Waals surface area contributed by atoms with Crippen LogP contribution < -0.4 is 0 Å². The highest BCUT2D eigenvalue weighted by Crippen LogP contribution is 2.31. The summed E-state index contributed by atoms with van der Waals surface area (Å²) in [6.45, 7) is 5.02. The average molecular weight is 378 g/mol. The Morgan fingerprint density at radius 3 is 2.88 bits per heavy atom. The van der Waals surface area contributed by atoms with Crippen LogP contribution in [0.3, 0.4) is 0 Å². The molecule has 2 aromatic rings. The molecular weight excluding hydrogens is 349 g/mol. The summed E-state index contributed by atoms with van der Waals surface area (Å²) in [6.07, 6.45) is 8.71. The molecule has 26 heavy (non-hydrogen) atoms. The third-order valence-electron chi connectivity index (χ3n) is 5.12. The average Bonchev–Trinajstić information content (AvgIpc) is 2.90. The summed E-state index contributed by atoms with van der Waals surface area (Å²) in [4.78, 5) is 6.45. The predicted octanol–water partition coefficient (Wildman–Crippen LogP) is 5.01. The Bertz CT molecular complexity index is 807. The molecule has 2 heterocycles. The monoisotopic (exact) mass is 377 g/mol. The van der Waals surface area contributed by atoms with E-state index in [-0.39, 0.29) is 18.2 Å². The lowest BCUT2D eigenvalue weighted by molar-refractivity contribution is 0.309. The van der Waals surface area contributed by atoms with Crippen LogP contribution in [-0.4, -0.2) is 35.8 Å². The summed E-state index contributed by atoms with van der Waals surface area (Å²) < 4.78 is 16.2. The summed E-state index contributed by atoms with van der Waals surface area (Å²) in [7, 11) is 3.96. The first kappa shape index (κ1) is 20.7. The number of nitrogens with zero attached hydrogens (tertiary/aromatic N) is 3. The molecule has 0 fully saturated rings. The zero-order valence-electron chi connectivity index (χ0n) is 16.0. The third kappa shape index (κ3) is 4.54. The molecule has 0 unspecified atom stereocenters. The molecule has 1 aliphatic heterocycles. The van der Waals surface area contributed by atoms with Crippen molar-refractivity contribution >= 4 is 29.0 Å². The maximum Gasteiger partial charge on any atom is 0.123 e. The Labute approximate surface area is 162 Å². The van der Waals surface area contributed by atoms with Gasteiger partial charge in [0.1, 0.15) is 5.82 Å². The molecule has 0 bridgehead atoms. The lowest BCUT2D eigenvalue weighted by Gasteiger charge is -2.24. The Balaban J connectivity index is 0.00000243. The largest absolute Gasteiger partial charge is 0.344 e. The summed E-state index contributed by atoms with van der Waals surface area (Å²) in [5, 5.41) is 1.09. The highest BCUT2D eigenvalue weighted by molar-refractivity contribution is 5.92. The standard InChI is InChI=1S/C21H28FN3.ClH/c1-16(23-2)8-6-4-5-7-12-25-20-10-9-17(22)14-18(20)19-15-24(3)13-11-21(19)25;/h6,8-10,14H,4-5,7,11-13,15H2,1-3H3;1H/b8-6-,23-16?;. The second-order valence-electron chi connectivity index (χ2n) is 6.99. The van der Waals surface area contributed by atoms with E-state index in [0.717, 1.165) is 56.4 Å². The summed E-state index contributed by atoms with van der Waals surface area (Å²) in [6, 6.07) is 5.24. The summed E-state index contributed by atoms with van der Waals surface area (Å²) >= 11 is 0. The molecule has 0 amide bonds. The highest BCUT2D eigenvalue weighted by Gasteiger charge is 2.22. The maximum absolute atomic E-state index is 13.8. The predicted molar refractivity (Wildman–Crippen MR) is 111 cm³/mol. The number of hydrogen-bond acceptors (Lipinski definition) is 2. The second kappa shape index (κ2) is 9.33.